The number of benzene rings is 1. The summed E-state index contributed by atoms with van der Waals surface area (Å²) in [5.74, 6) is 0.612. The van der Waals surface area contributed by atoms with Gasteiger partial charge in [0.25, 0.3) is 0 Å². The number of ether oxygens (including phenoxy) is 1. The highest BCUT2D eigenvalue weighted by Gasteiger charge is 2.13. The number of carbonyl (C=O) groups is 1. The lowest BCUT2D eigenvalue weighted by Crippen LogP contribution is -2.30. The van der Waals surface area contributed by atoms with Gasteiger partial charge in [-0.2, -0.15) is 0 Å². The van der Waals surface area contributed by atoms with Crippen LogP contribution in [0.4, 0.5) is 5.82 Å². The molecule has 0 aliphatic carbocycles. The zero-order valence-corrected chi connectivity index (χ0v) is 12.6. The van der Waals surface area contributed by atoms with Crippen LogP contribution in [0, 0.1) is 0 Å². The number of hydrogen-bond donors (Lipinski definition) is 0. The van der Waals surface area contributed by atoms with Gasteiger partial charge in [-0.1, -0.05) is 30.3 Å². The van der Waals surface area contributed by atoms with E-state index < -0.39 is 0 Å². The summed E-state index contributed by atoms with van der Waals surface area (Å²) in [7, 11) is 0. The predicted molar refractivity (Wildman–Crippen MR) is 85.9 cm³/mol. The zero-order chi connectivity index (χ0) is 15.2. The Morgan fingerprint density at radius 2 is 1.82 bits per heavy atom. The van der Waals surface area contributed by atoms with E-state index in [4.69, 9.17) is 4.74 Å². The van der Waals surface area contributed by atoms with Gasteiger partial charge in [0.2, 0.25) is 0 Å². The first-order valence-electron chi connectivity index (χ1n) is 7.75. The van der Waals surface area contributed by atoms with Crippen molar-refractivity contribution in [3.63, 3.8) is 0 Å². The molecule has 1 aromatic carbocycles. The number of esters is 1. The van der Waals surface area contributed by atoms with Gasteiger partial charge >= 0.3 is 5.97 Å². The third-order valence-electron chi connectivity index (χ3n) is 3.88. The van der Waals surface area contributed by atoms with Crippen LogP contribution in [0.1, 0.15) is 35.2 Å². The van der Waals surface area contributed by atoms with Gasteiger partial charge in [0.15, 0.2) is 0 Å². The molecule has 0 bridgehead atoms. The molecule has 0 amide bonds. The lowest BCUT2D eigenvalue weighted by molar-refractivity contribution is 0.0472. The number of nitrogens with zero attached hydrogens (tertiary/aromatic N) is 2. The maximum Gasteiger partial charge on any atom is 0.340 e. The Morgan fingerprint density at radius 1 is 1.05 bits per heavy atom. The van der Waals surface area contributed by atoms with Crippen molar-refractivity contribution in [2.75, 3.05) is 18.0 Å². The summed E-state index contributed by atoms with van der Waals surface area (Å²) in [4.78, 5) is 18.7. The Balaban J connectivity index is 1.58. The van der Waals surface area contributed by atoms with E-state index in [1.165, 1.54) is 19.3 Å². The standard InChI is InChI=1S/C18H20N2O2/c21-18(22-14-15-7-3-1-4-8-15)16-9-10-17(19-13-16)20-11-5-2-6-12-20/h1,3-4,7-10,13H,2,5-6,11-12,14H2. The molecule has 22 heavy (non-hydrogen) atoms. The van der Waals surface area contributed by atoms with Crippen LogP contribution in [0.3, 0.4) is 0 Å². The molecular weight excluding hydrogens is 276 g/mol. The summed E-state index contributed by atoms with van der Waals surface area (Å²) in [6.07, 6.45) is 5.32. The topological polar surface area (TPSA) is 42.4 Å². The molecule has 1 aliphatic heterocycles. The van der Waals surface area contributed by atoms with Crippen LogP contribution in [-0.2, 0) is 11.3 Å². The summed E-state index contributed by atoms with van der Waals surface area (Å²) >= 11 is 0. The van der Waals surface area contributed by atoms with Gasteiger partial charge in [0.1, 0.15) is 12.4 Å². The Kier molecular flexibility index (Phi) is 4.68. The number of carbonyl (C=O) groups excluding carboxylic acids is 1. The second kappa shape index (κ2) is 7.07. The molecule has 1 aliphatic rings. The van der Waals surface area contributed by atoms with Crippen LogP contribution in [0.15, 0.2) is 48.7 Å². The molecule has 0 unspecified atom stereocenters. The third-order valence-corrected chi connectivity index (χ3v) is 3.88. The van der Waals surface area contributed by atoms with Crippen molar-refractivity contribution < 1.29 is 9.53 Å². The zero-order valence-electron chi connectivity index (χ0n) is 12.6. The van der Waals surface area contributed by atoms with E-state index in [2.05, 4.69) is 9.88 Å². The van der Waals surface area contributed by atoms with Crippen LogP contribution in [-0.4, -0.2) is 24.0 Å². The number of piperidine rings is 1. The highest BCUT2D eigenvalue weighted by Crippen LogP contribution is 2.17. The normalized spacial score (nSPS) is 14.6. The molecule has 1 fully saturated rings. The highest BCUT2D eigenvalue weighted by molar-refractivity contribution is 5.89. The third kappa shape index (κ3) is 3.64. The second-order valence-corrected chi connectivity index (χ2v) is 5.51. The lowest BCUT2D eigenvalue weighted by Gasteiger charge is -2.27. The van der Waals surface area contributed by atoms with Gasteiger partial charge in [0, 0.05) is 19.3 Å². The van der Waals surface area contributed by atoms with Gasteiger partial charge in [-0.25, -0.2) is 9.78 Å². The SMILES string of the molecule is O=C(OCc1ccccc1)c1ccc(N2CCCCC2)nc1. The van der Waals surface area contributed by atoms with E-state index in [1.54, 1.807) is 12.3 Å². The van der Waals surface area contributed by atoms with Gasteiger partial charge in [0.05, 0.1) is 5.56 Å². The van der Waals surface area contributed by atoms with Crippen molar-refractivity contribution in [2.24, 2.45) is 0 Å². The molecule has 0 atom stereocenters. The van der Waals surface area contributed by atoms with Crippen LogP contribution in [0.25, 0.3) is 0 Å². The fraction of sp³-hybridized carbons (Fsp3) is 0.333. The van der Waals surface area contributed by atoms with Crippen LogP contribution in [0.2, 0.25) is 0 Å². The first-order valence-corrected chi connectivity index (χ1v) is 7.75. The monoisotopic (exact) mass is 296 g/mol. The molecule has 4 heteroatoms. The number of hydrogen-bond acceptors (Lipinski definition) is 4. The number of rotatable bonds is 4. The van der Waals surface area contributed by atoms with Crippen LogP contribution >= 0.6 is 0 Å². The van der Waals surface area contributed by atoms with Gasteiger partial charge in [-0.3, -0.25) is 0 Å². The lowest BCUT2D eigenvalue weighted by atomic mass is 10.1. The van der Waals surface area contributed by atoms with E-state index in [1.807, 2.05) is 36.4 Å². The minimum Gasteiger partial charge on any atom is -0.457 e. The molecule has 2 heterocycles. The molecule has 0 N–H and O–H groups in total. The first kappa shape index (κ1) is 14.6. The minimum atomic E-state index is -0.332. The number of aromatic nitrogens is 1. The molecule has 4 nitrogen and oxygen atoms in total. The first-order chi connectivity index (χ1) is 10.8. The second-order valence-electron chi connectivity index (χ2n) is 5.51. The molecule has 0 saturated carbocycles. The molecule has 0 spiro atoms. The quantitative estimate of drug-likeness (QED) is 0.811. The minimum absolute atomic E-state index is 0.285. The largest absolute Gasteiger partial charge is 0.457 e. The van der Waals surface area contributed by atoms with E-state index in [9.17, 15) is 4.79 Å². The number of anilines is 1. The predicted octanol–water partition coefficient (Wildman–Crippen LogP) is 3.43. The molecule has 1 aromatic heterocycles. The van der Waals surface area contributed by atoms with Crippen molar-refractivity contribution in [3.8, 4) is 0 Å². The maximum absolute atomic E-state index is 12.0. The average Bonchev–Trinajstić information content (AvgIpc) is 2.61. The van der Waals surface area contributed by atoms with Gasteiger partial charge in [-0.05, 0) is 37.0 Å². The molecule has 114 valence electrons. The Hall–Kier alpha value is -2.36. The maximum atomic E-state index is 12.0. The van der Waals surface area contributed by atoms with E-state index in [-0.39, 0.29) is 12.6 Å². The van der Waals surface area contributed by atoms with Crippen molar-refractivity contribution in [3.05, 3.63) is 59.8 Å². The smallest absolute Gasteiger partial charge is 0.340 e. The van der Waals surface area contributed by atoms with Crippen LogP contribution < -0.4 is 4.90 Å². The Bertz CT molecular complexity index is 605. The summed E-state index contributed by atoms with van der Waals surface area (Å²) in [5, 5.41) is 0. The Labute approximate surface area is 130 Å². The summed E-state index contributed by atoms with van der Waals surface area (Å²) in [6.45, 7) is 2.38. The molecule has 1 saturated heterocycles. The molecule has 2 aromatic rings. The fourth-order valence-electron chi connectivity index (χ4n) is 2.62. The van der Waals surface area contributed by atoms with E-state index >= 15 is 0 Å². The van der Waals surface area contributed by atoms with Crippen molar-refractivity contribution in [2.45, 2.75) is 25.9 Å². The van der Waals surface area contributed by atoms with E-state index in [0.717, 1.165) is 24.5 Å². The van der Waals surface area contributed by atoms with Gasteiger partial charge < -0.3 is 9.64 Å². The Morgan fingerprint density at radius 3 is 2.50 bits per heavy atom. The summed E-state index contributed by atoms with van der Waals surface area (Å²) < 4.78 is 5.31. The van der Waals surface area contributed by atoms with E-state index in [0.29, 0.717) is 5.56 Å². The molecular formula is C18H20N2O2. The fourth-order valence-corrected chi connectivity index (χ4v) is 2.62. The molecule has 3 rings (SSSR count). The van der Waals surface area contributed by atoms with Crippen LogP contribution in [0.5, 0.6) is 0 Å². The van der Waals surface area contributed by atoms with Gasteiger partial charge in [-0.15, -0.1) is 0 Å². The number of pyridine rings is 1. The van der Waals surface area contributed by atoms with Crippen molar-refractivity contribution in [1.82, 2.24) is 4.98 Å². The summed E-state index contributed by atoms with van der Waals surface area (Å²) in [6, 6.07) is 13.4. The van der Waals surface area contributed by atoms with Crippen molar-refractivity contribution >= 4 is 11.8 Å². The average molecular weight is 296 g/mol. The van der Waals surface area contributed by atoms with Crippen molar-refractivity contribution in [1.29, 1.82) is 0 Å². The highest BCUT2D eigenvalue weighted by atomic mass is 16.5. The summed E-state index contributed by atoms with van der Waals surface area (Å²) in [5.41, 5.74) is 1.48. The molecule has 0 radical (unpaired) electrons.